The van der Waals surface area contributed by atoms with Gasteiger partial charge < -0.3 is 15.2 Å². The summed E-state index contributed by atoms with van der Waals surface area (Å²) in [6.45, 7) is 4.11. The lowest BCUT2D eigenvalue weighted by molar-refractivity contribution is -0.154. The van der Waals surface area contributed by atoms with E-state index in [1.54, 1.807) is 0 Å². The predicted molar refractivity (Wildman–Crippen MR) is 55.9 cm³/mol. The Balaban J connectivity index is 0.00000169. The lowest BCUT2D eigenvalue weighted by Gasteiger charge is -2.27. The van der Waals surface area contributed by atoms with Crippen molar-refractivity contribution in [1.82, 2.24) is 5.32 Å². The minimum absolute atomic E-state index is 0. The van der Waals surface area contributed by atoms with Gasteiger partial charge in [-0.2, -0.15) is 0 Å². The number of rotatable bonds is 4. The Labute approximate surface area is 90.4 Å². The largest absolute Gasteiger partial charge is 0.479 e. The van der Waals surface area contributed by atoms with Crippen molar-refractivity contribution in [3.63, 3.8) is 0 Å². The van der Waals surface area contributed by atoms with E-state index in [0.29, 0.717) is 6.61 Å². The fourth-order valence-corrected chi connectivity index (χ4v) is 1.74. The molecule has 14 heavy (non-hydrogen) atoms. The third-order valence-corrected chi connectivity index (χ3v) is 2.40. The van der Waals surface area contributed by atoms with Gasteiger partial charge in [0.15, 0.2) is 6.10 Å². The molecule has 0 amide bonds. The molecule has 1 rings (SSSR count). The zero-order valence-corrected chi connectivity index (χ0v) is 9.18. The van der Waals surface area contributed by atoms with E-state index >= 15 is 0 Å². The summed E-state index contributed by atoms with van der Waals surface area (Å²) in [5.41, 5.74) is 0. The first-order valence-electron chi connectivity index (χ1n) is 4.80. The molecule has 1 fully saturated rings. The summed E-state index contributed by atoms with van der Waals surface area (Å²) in [5.74, 6) is -0.646. The van der Waals surface area contributed by atoms with Crippen LogP contribution < -0.4 is 5.32 Å². The van der Waals surface area contributed by atoms with E-state index in [1.807, 2.05) is 6.92 Å². The summed E-state index contributed by atoms with van der Waals surface area (Å²) >= 11 is 0. The van der Waals surface area contributed by atoms with E-state index in [4.69, 9.17) is 9.84 Å². The number of carbonyl (C=O) groups is 1. The molecule has 0 aliphatic carbocycles. The molecule has 4 nitrogen and oxygen atoms in total. The number of hydrogen-bond donors (Lipinski definition) is 2. The van der Waals surface area contributed by atoms with Crippen molar-refractivity contribution in [2.75, 3.05) is 19.7 Å². The topological polar surface area (TPSA) is 58.6 Å². The van der Waals surface area contributed by atoms with E-state index < -0.39 is 12.1 Å². The fourth-order valence-electron chi connectivity index (χ4n) is 1.74. The first kappa shape index (κ1) is 13.7. The maximum Gasteiger partial charge on any atom is 0.333 e. The molecule has 1 unspecified atom stereocenters. The molecule has 2 N–H and O–H groups in total. The van der Waals surface area contributed by atoms with E-state index in [0.717, 1.165) is 25.9 Å². The minimum atomic E-state index is -0.825. The van der Waals surface area contributed by atoms with Crippen molar-refractivity contribution in [3.8, 4) is 0 Å². The van der Waals surface area contributed by atoms with Crippen LogP contribution >= 0.6 is 12.4 Å². The second-order valence-electron chi connectivity index (χ2n) is 3.30. The Morgan fingerprint density at radius 2 is 2.14 bits per heavy atom. The van der Waals surface area contributed by atoms with E-state index in [2.05, 4.69) is 5.32 Å². The van der Waals surface area contributed by atoms with Crippen LogP contribution in [0.1, 0.15) is 19.8 Å². The van der Waals surface area contributed by atoms with Crippen LogP contribution in [0.2, 0.25) is 0 Å². The third kappa shape index (κ3) is 3.82. The van der Waals surface area contributed by atoms with Crippen molar-refractivity contribution >= 4 is 18.4 Å². The summed E-state index contributed by atoms with van der Waals surface area (Å²) in [4.78, 5) is 10.8. The Morgan fingerprint density at radius 3 is 2.57 bits per heavy atom. The Kier molecular flexibility index (Phi) is 6.87. The molecular weight excluding hydrogens is 206 g/mol. The predicted octanol–water partition coefficient (Wildman–Crippen LogP) is 0.897. The van der Waals surface area contributed by atoms with E-state index in [1.165, 1.54) is 0 Å². The van der Waals surface area contributed by atoms with Gasteiger partial charge in [0.1, 0.15) is 0 Å². The van der Waals surface area contributed by atoms with Crippen molar-refractivity contribution in [2.45, 2.75) is 25.9 Å². The molecule has 0 spiro atoms. The van der Waals surface area contributed by atoms with Crippen LogP contribution in [0, 0.1) is 5.92 Å². The lowest BCUT2D eigenvalue weighted by Crippen LogP contribution is -2.39. The highest BCUT2D eigenvalue weighted by molar-refractivity contribution is 5.85. The van der Waals surface area contributed by atoms with Crippen LogP contribution in [-0.2, 0) is 9.53 Å². The van der Waals surface area contributed by atoms with E-state index in [-0.39, 0.29) is 18.3 Å². The van der Waals surface area contributed by atoms with Crippen molar-refractivity contribution in [1.29, 1.82) is 0 Å². The van der Waals surface area contributed by atoms with Gasteiger partial charge in [0, 0.05) is 6.61 Å². The third-order valence-electron chi connectivity index (χ3n) is 2.40. The summed E-state index contributed by atoms with van der Waals surface area (Å²) in [7, 11) is 0. The molecule has 0 radical (unpaired) electrons. The first-order chi connectivity index (χ1) is 6.25. The summed E-state index contributed by atoms with van der Waals surface area (Å²) in [6, 6.07) is 0. The monoisotopic (exact) mass is 223 g/mol. The van der Waals surface area contributed by atoms with Gasteiger partial charge in [-0.3, -0.25) is 0 Å². The number of aliphatic carboxylic acids is 1. The van der Waals surface area contributed by atoms with Crippen LogP contribution in [0.25, 0.3) is 0 Å². The SMILES string of the molecule is CCOC(C(=O)O)C1CCNCC1.Cl. The van der Waals surface area contributed by atoms with Crippen LogP contribution in [0.4, 0.5) is 0 Å². The standard InChI is InChI=1S/C9H17NO3.ClH/c1-2-13-8(9(11)12)7-3-5-10-6-4-7;/h7-8,10H,2-6H2,1H3,(H,11,12);1H. The van der Waals surface area contributed by atoms with Gasteiger partial charge in [-0.25, -0.2) is 4.79 Å². The van der Waals surface area contributed by atoms with Crippen LogP contribution in [0.3, 0.4) is 0 Å². The lowest BCUT2D eigenvalue weighted by atomic mass is 9.92. The summed E-state index contributed by atoms with van der Waals surface area (Å²) in [5, 5.41) is 12.1. The second kappa shape index (κ2) is 7.04. The molecule has 0 aromatic rings. The number of ether oxygens (including phenoxy) is 1. The normalized spacial score (nSPS) is 19.8. The van der Waals surface area contributed by atoms with Crippen molar-refractivity contribution < 1.29 is 14.6 Å². The number of hydrogen-bond acceptors (Lipinski definition) is 3. The fraction of sp³-hybridized carbons (Fsp3) is 0.889. The average molecular weight is 224 g/mol. The van der Waals surface area contributed by atoms with Crippen molar-refractivity contribution in [2.24, 2.45) is 5.92 Å². The molecule has 1 aliphatic heterocycles. The van der Waals surface area contributed by atoms with Gasteiger partial charge in [-0.15, -0.1) is 12.4 Å². The van der Waals surface area contributed by atoms with Gasteiger partial charge in [0.05, 0.1) is 0 Å². The molecule has 1 aliphatic rings. The average Bonchev–Trinajstić information content (AvgIpc) is 2.15. The highest BCUT2D eigenvalue weighted by Gasteiger charge is 2.29. The smallest absolute Gasteiger partial charge is 0.333 e. The second-order valence-corrected chi connectivity index (χ2v) is 3.30. The van der Waals surface area contributed by atoms with Crippen LogP contribution in [0.15, 0.2) is 0 Å². The maximum atomic E-state index is 10.8. The number of nitrogens with one attached hydrogen (secondary N) is 1. The van der Waals surface area contributed by atoms with Crippen LogP contribution in [-0.4, -0.2) is 36.9 Å². The maximum absolute atomic E-state index is 10.8. The molecule has 1 heterocycles. The number of piperidine rings is 1. The van der Waals surface area contributed by atoms with Gasteiger partial charge in [0.2, 0.25) is 0 Å². The Hall–Kier alpha value is -0.320. The summed E-state index contributed by atoms with van der Waals surface area (Å²) in [6.07, 6.45) is 1.19. The number of halogens is 1. The van der Waals surface area contributed by atoms with Crippen LogP contribution in [0.5, 0.6) is 0 Å². The molecule has 0 bridgehead atoms. The molecular formula is C9H18ClNO3. The highest BCUT2D eigenvalue weighted by atomic mass is 35.5. The Bertz CT molecular complexity index is 171. The highest BCUT2D eigenvalue weighted by Crippen LogP contribution is 2.19. The first-order valence-corrected chi connectivity index (χ1v) is 4.80. The number of carboxylic acid groups (broad SMARTS) is 1. The van der Waals surface area contributed by atoms with E-state index in [9.17, 15) is 4.79 Å². The zero-order chi connectivity index (χ0) is 9.68. The molecule has 0 aromatic carbocycles. The molecule has 1 atom stereocenters. The molecule has 0 saturated carbocycles. The molecule has 0 aromatic heterocycles. The quantitative estimate of drug-likeness (QED) is 0.744. The molecule has 84 valence electrons. The van der Waals surface area contributed by atoms with Gasteiger partial charge in [-0.05, 0) is 38.8 Å². The van der Waals surface area contributed by atoms with Crippen molar-refractivity contribution in [3.05, 3.63) is 0 Å². The van der Waals surface area contributed by atoms with Gasteiger partial charge in [-0.1, -0.05) is 0 Å². The Morgan fingerprint density at radius 1 is 1.57 bits per heavy atom. The summed E-state index contributed by atoms with van der Waals surface area (Å²) < 4.78 is 5.22. The number of carboxylic acids is 1. The minimum Gasteiger partial charge on any atom is -0.479 e. The van der Waals surface area contributed by atoms with Gasteiger partial charge in [0.25, 0.3) is 0 Å². The zero-order valence-electron chi connectivity index (χ0n) is 8.36. The van der Waals surface area contributed by atoms with Gasteiger partial charge >= 0.3 is 5.97 Å². The molecule has 5 heteroatoms. The molecule has 1 saturated heterocycles.